The van der Waals surface area contributed by atoms with Gasteiger partial charge in [-0.2, -0.15) is 5.26 Å². The van der Waals surface area contributed by atoms with Crippen LogP contribution in [0.1, 0.15) is 21.6 Å². The van der Waals surface area contributed by atoms with Crippen molar-refractivity contribution in [3.05, 3.63) is 64.7 Å². The molecule has 0 saturated heterocycles. The quantitative estimate of drug-likeness (QED) is 0.600. The summed E-state index contributed by atoms with van der Waals surface area (Å²) in [5, 5.41) is 11.7. The van der Waals surface area contributed by atoms with Crippen molar-refractivity contribution < 1.29 is 19.0 Å². The molecule has 7 heteroatoms. The standard InChI is InChI=1S/C20H16N2O4S/c1-24-18-9-13(10-21)3-8-17(18)26-11-16-12-27-19(22-16)14-4-6-15(7-5-14)20(23)25-2/h3-9,12H,11H2,1-2H3. The molecule has 3 aromatic rings. The topological polar surface area (TPSA) is 81.4 Å². The van der Waals surface area contributed by atoms with Crippen LogP contribution in [0, 0.1) is 11.3 Å². The number of ether oxygens (including phenoxy) is 3. The third-order valence-corrected chi connectivity index (χ3v) is 4.71. The number of benzene rings is 2. The monoisotopic (exact) mass is 380 g/mol. The maximum absolute atomic E-state index is 11.5. The van der Waals surface area contributed by atoms with Crippen LogP contribution < -0.4 is 9.47 Å². The van der Waals surface area contributed by atoms with Gasteiger partial charge < -0.3 is 14.2 Å². The summed E-state index contributed by atoms with van der Waals surface area (Å²) in [7, 11) is 2.88. The number of rotatable bonds is 6. The number of carbonyl (C=O) groups is 1. The van der Waals surface area contributed by atoms with Crippen LogP contribution >= 0.6 is 11.3 Å². The van der Waals surface area contributed by atoms with E-state index in [2.05, 4.69) is 11.1 Å². The van der Waals surface area contributed by atoms with Gasteiger partial charge in [0.1, 0.15) is 11.6 Å². The van der Waals surface area contributed by atoms with Crippen molar-refractivity contribution >= 4 is 17.3 Å². The van der Waals surface area contributed by atoms with Crippen LogP contribution in [0.4, 0.5) is 0 Å². The zero-order valence-corrected chi connectivity index (χ0v) is 15.6. The number of nitrogens with zero attached hydrogens (tertiary/aromatic N) is 2. The number of thiazole rings is 1. The van der Waals surface area contributed by atoms with Gasteiger partial charge in [-0.3, -0.25) is 0 Å². The number of carbonyl (C=O) groups excluding carboxylic acids is 1. The van der Waals surface area contributed by atoms with Crippen molar-refractivity contribution in [3.8, 4) is 28.1 Å². The molecule has 0 bridgehead atoms. The minimum atomic E-state index is -0.369. The Kier molecular flexibility index (Phi) is 5.69. The van der Waals surface area contributed by atoms with E-state index in [1.54, 1.807) is 30.3 Å². The van der Waals surface area contributed by atoms with Gasteiger partial charge in [-0.05, 0) is 24.3 Å². The first-order valence-corrected chi connectivity index (χ1v) is 8.86. The number of esters is 1. The molecule has 0 N–H and O–H groups in total. The van der Waals surface area contributed by atoms with Gasteiger partial charge in [-0.1, -0.05) is 12.1 Å². The lowest BCUT2D eigenvalue weighted by molar-refractivity contribution is 0.0601. The Labute approximate surface area is 160 Å². The molecule has 0 amide bonds. The van der Waals surface area contributed by atoms with Crippen LogP contribution in [-0.4, -0.2) is 25.2 Å². The lowest BCUT2D eigenvalue weighted by atomic mass is 10.1. The highest BCUT2D eigenvalue weighted by Crippen LogP contribution is 2.29. The summed E-state index contributed by atoms with van der Waals surface area (Å²) in [5.74, 6) is 0.683. The third kappa shape index (κ3) is 4.25. The molecule has 0 aliphatic carbocycles. The molecule has 0 atom stereocenters. The van der Waals surface area contributed by atoms with Gasteiger partial charge in [0.15, 0.2) is 11.5 Å². The van der Waals surface area contributed by atoms with E-state index in [-0.39, 0.29) is 12.6 Å². The first kappa shape index (κ1) is 18.4. The summed E-state index contributed by atoms with van der Waals surface area (Å²) in [6.07, 6.45) is 0. The van der Waals surface area contributed by atoms with E-state index in [4.69, 9.17) is 19.5 Å². The number of hydrogen-bond acceptors (Lipinski definition) is 7. The van der Waals surface area contributed by atoms with Gasteiger partial charge in [0.2, 0.25) is 0 Å². The second kappa shape index (κ2) is 8.34. The van der Waals surface area contributed by atoms with Gasteiger partial charge in [0.25, 0.3) is 0 Å². The highest BCUT2D eigenvalue weighted by molar-refractivity contribution is 7.13. The molecule has 6 nitrogen and oxygen atoms in total. The molecule has 0 unspecified atom stereocenters. The van der Waals surface area contributed by atoms with Crippen LogP contribution in [0.3, 0.4) is 0 Å². The van der Waals surface area contributed by atoms with E-state index in [0.717, 1.165) is 16.3 Å². The highest BCUT2D eigenvalue weighted by Gasteiger charge is 2.10. The molecule has 0 radical (unpaired) electrons. The second-order valence-electron chi connectivity index (χ2n) is 5.48. The Hall–Kier alpha value is -3.37. The minimum absolute atomic E-state index is 0.277. The Morgan fingerprint density at radius 1 is 1.15 bits per heavy atom. The lowest BCUT2D eigenvalue weighted by Gasteiger charge is -2.09. The van der Waals surface area contributed by atoms with Crippen molar-refractivity contribution in [1.82, 2.24) is 4.98 Å². The highest BCUT2D eigenvalue weighted by atomic mass is 32.1. The molecule has 0 fully saturated rings. The average molecular weight is 380 g/mol. The fourth-order valence-corrected chi connectivity index (χ4v) is 3.19. The molecule has 27 heavy (non-hydrogen) atoms. The van der Waals surface area contributed by atoms with Crippen LogP contribution in [0.25, 0.3) is 10.6 Å². The van der Waals surface area contributed by atoms with E-state index in [0.29, 0.717) is 22.6 Å². The number of nitriles is 1. The molecule has 3 rings (SSSR count). The molecular weight excluding hydrogens is 364 g/mol. The molecule has 0 aliphatic heterocycles. The molecule has 0 saturated carbocycles. The van der Waals surface area contributed by atoms with E-state index in [1.807, 2.05) is 17.5 Å². The van der Waals surface area contributed by atoms with Crippen molar-refractivity contribution in [2.75, 3.05) is 14.2 Å². The zero-order valence-electron chi connectivity index (χ0n) is 14.8. The second-order valence-corrected chi connectivity index (χ2v) is 6.34. The van der Waals surface area contributed by atoms with E-state index >= 15 is 0 Å². The molecule has 0 spiro atoms. The predicted molar refractivity (Wildman–Crippen MR) is 101 cm³/mol. The molecule has 0 aliphatic rings. The number of methoxy groups -OCH3 is 2. The molecule has 1 heterocycles. The van der Waals surface area contributed by atoms with Crippen molar-refractivity contribution in [1.29, 1.82) is 5.26 Å². The summed E-state index contributed by atoms with van der Waals surface area (Å²) in [6, 6.07) is 14.2. The van der Waals surface area contributed by atoms with E-state index in [1.165, 1.54) is 25.6 Å². The van der Waals surface area contributed by atoms with Gasteiger partial charge in [-0.15, -0.1) is 11.3 Å². The van der Waals surface area contributed by atoms with E-state index < -0.39 is 0 Å². The van der Waals surface area contributed by atoms with Crippen molar-refractivity contribution in [3.63, 3.8) is 0 Å². The largest absolute Gasteiger partial charge is 0.493 e. The first-order valence-electron chi connectivity index (χ1n) is 7.98. The van der Waals surface area contributed by atoms with Crippen molar-refractivity contribution in [2.45, 2.75) is 6.61 Å². The van der Waals surface area contributed by atoms with Crippen LogP contribution in [0.2, 0.25) is 0 Å². The van der Waals surface area contributed by atoms with Crippen LogP contribution in [0.15, 0.2) is 47.8 Å². The Bertz CT molecular complexity index is 990. The molecule has 1 aromatic heterocycles. The minimum Gasteiger partial charge on any atom is -0.493 e. The average Bonchev–Trinajstić information content (AvgIpc) is 3.20. The Morgan fingerprint density at radius 3 is 2.59 bits per heavy atom. The fourth-order valence-electron chi connectivity index (χ4n) is 2.38. The summed E-state index contributed by atoms with van der Waals surface area (Å²) in [6.45, 7) is 0.277. The maximum atomic E-state index is 11.5. The third-order valence-electron chi connectivity index (χ3n) is 3.77. The smallest absolute Gasteiger partial charge is 0.337 e. The SMILES string of the molecule is COC(=O)c1ccc(-c2nc(COc3ccc(C#N)cc3OC)cs2)cc1. The Balaban J connectivity index is 1.70. The lowest BCUT2D eigenvalue weighted by Crippen LogP contribution is -2.00. The molecular formula is C20H16N2O4S. The van der Waals surface area contributed by atoms with Gasteiger partial charge in [0.05, 0.1) is 37.1 Å². The van der Waals surface area contributed by atoms with Gasteiger partial charge in [-0.25, -0.2) is 9.78 Å². The number of aromatic nitrogens is 1. The summed E-state index contributed by atoms with van der Waals surface area (Å²) in [4.78, 5) is 16.1. The summed E-state index contributed by atoms with van der Waals surface area (Å²) in [5.41, 5.74) is 2.69. The summed E-state index contributed by atoms with van der Waals surface area (Å²) >= 11 is 1.49. The molecule has 136 valence electrons. The van der Waals surface area contributed by atoms with E-state index in [9.17, 15) is 4.79 Å². The molecule has 2 aromatic carbocycles. The maximum Gasteiger partial charge on any atom is 0.337 e. The first-order chi connectivity index (χ1) is 13.1. The number of hydrogen-bond donors (Lipinski definition) is 0. The Morgan fingerprint density at radius 2 is 1.93 bits per heavy atom. The van der Waals surface area contributed by atoms with Gasteiger partial charge in [0, 0.05) is 17.0 Å². The van der Waals surface area contributed by atoms with Crippen molar-refractivity contribution in [2.24, 2.45) is 0 Å². The summed E-state index contributed by atoms with van der Waals surface area (Å²) < 4.78 is 15.7. The zero-order chi connectivity index (χ0) is 19.2. The normalized spacial score (nSPS) is 10.1. The van der Waals surface area contributed by atoms with Crippen LogP contribution in [0.5, 0.6) is 11.5 Å². The van der Waals surface area contributed by atoms with Gasteiger partial charge >= 0.3 is 5.97 Å². The predicted octanol–water partition coefficient (Wildman–Crippen LogP) is 4.06. The van der Waals surface area contributed by atoms with Crippen LogP contribution in [-0.2, 0) is 11.3 Å². The fraction of sp³-hybridized carbons (Fsp3) is 0.150.